The van der Waals surface area contributed by atoms with Crippen LogP contribution in [-0.2, 0) is 11.3 Å². The summed E-state index contributed by atoms with van der Waals surface area (Å²) >= 11 is 3.34. The van der Waals surface area contributed by atoms with Crippen molar-refractivity contribution in [2.75, 3.05) is 19.5 Å². The normalized spacial score (nSPS) is 10.6. The zero-order chi connectivity index (χ0) is 18.7. The summed E-state index contributed by atoms with van der Waals surface area (Å²) in [6.07, 6.45) is 1.52. The van der Waals surface area contributed by atoms with Crippen molar-refractivity contribution >= 4 is 38.3 Å². The van der Waals surface area contributed by atoms with Crippen LogP contribution in [0.1, 0.15) is 0 Å². The molecule has 0 fully saturated rings. The fraction of sp³-hybridized carbons (Fsp3) is 0.167. The number of anilines is 1. The Balaban J connectivity index is 1.94. The molecule has 7 nitrogen and oxygen atoms in total. The van der Waals surface area contributed by atoms with Crippen LogP contribution in [0.3, 0.4) is 0 Å². The van der Waals surface area contributed by atoms with Gasteiger partial charge in [0.15, 0.2) is 11.5 Å². The van der Waals surface area contributed by atoms with Crippen LogP contribution in [0.25, 0.3) is 10.8 Å². The van der Waals surface area contributed by atoms with Gasteiger partial charge in [-0.25, -0.2) is 4.68 Å². The van der Waals surface area contributed by atoms with Crippen molar-refractivity contribution < 1.29 is 14.3 Å². The van der Waals surface area contributed by atoms with E-state index < -0.39 is 5.56 Å². The lowest BCUT2D eigenvalue weighted by Gasteiger charge is -2.12. The van der Waals surface area contributed by atoms with Gasteiger partial charge in [0.05, 0.1) is 25.8 Å². The molecule has 0 bridgehead atoms. The number of carbonyl (C=O) groups excluding carboxylic acids is 1. The van der Waals surface area contributed by atoms with Gasteiger partial charge in [-0.2, -0.15) is 5.10 Å². The minimum atomic E-state index is -0.428. The number of benzene rings is 2. The van der Waals surface area contributed by atoms with Crippen LogP contribution in [0, 0.1) is 0 Å². The highest BCUT2D eigenvalue weighted by Gasteiger charge is 2.16. The van der Waals surface area contributed by atoms with Gasteiger partial charge in [-0.05, 0) is 30.3 Å². The number of ether oxygens (including phenoxy) is 2. The monoisotopic (exact) mass is 417 g/mol. The predicted molar refractivity (Wildman–Crippen MR) is 102 cm³/mol. The van der Waals surface area contributed by atoms with Gasteiger partial charge in [0.2, 0.25) is 5.91 Å². The van der Waals surface area contributed by atoms with E-state index >= 15 is 0 Å². The first-order valence-corrected chi connectivity index (χ1v) is 8.49. The van der Waals surface area contributed by atoms with E-state index in [9.17, 15) is 9.59 Å². The molecule has 26 heavy (non-hydrogen) atoms. The van der Waals surface area contributed by atoms with Crippen LogP contribution in [0.4, 0.5) is 5.69 Å². The van der Waals surface area contributed by atoms with E-state index in [4.69, 9.17) is 9.47 Å². The number of methoxy groups -OCH3 is 2. The number of hydrogen-bond donors (Lipinski definition) is 1. The summed E-state index contributed by atoms with van der Waals surface area (Å²) in [4.78, 5) is 25.1. The van der Waals surface area contributed by atoms with E-state index in [0.29, 0.717) is 28.0 Å². The van der Waals surface area contributed by atoms with E-state index in [1.54, 1.807) is 30.3 Å². The minimum absolute atomic E-state index is 0.221. The highest BCUT2D eigenvalue weighted by Crippen LogP contribution is 2.32. The number of carbonyl (C=O) groups is 1. The van der Waals surface area contributed by atoms with Gasteiger partial charge in [0, 0.05) is 15.5 Å². The van der Waals surface area contributed by atoms with Gasteiger partial charge in [0.25, 0.3) is 5.56 Å². The number of hydrogen-bond acceptors (Lipinski definition) is 5. The second kappa shape index (κ2) is 7.57. The molecule has 0 spiro atoms. The van der Waals surface area contributed by atoms with E-state index in [1.807, 2.05) is 6.07 Å². The van der Waals surface area contributed by atoms with Crippen molar-refractivity contribution in [2.45, 2.75) is 6.54 Å². The number of rotatable bonds is 5. The average Bonchev–Trinajstić information content (AvgIpc) is 2.63. The van der Waals surface area contributed by atoms with Crippen LogP contribution in [0.5, 0.6) is 11.5 Å². The van der Waals surface area contributed by atoms with E-state index in [0.717, 1.165) is 9.15 Å². The third-order valence-corrected chi connectivity index (χ3v) is 4.26. The first kappa shape index (κ1) is 17.9. The smallest absolute Gasteiger partial charge is 0.279 e. The summed E-state index contributed by atoms with van der Waals surface area (Å²) in [6.45, 7) is -0.221. The molecule has 134 valence electrons. The average molecular weight is 418 g/mol. The molecule has 0 saturated heterocycles. The molecule has 0 aliphatic carbocycles. The fourth-order valence-corrected chi connectivity index (χ4v) is 3.00. The summed E-state index contributed by atoms with van der Waals surface area (Å²) in [5.74, 6) is 0.394. The molecule has 0 unspecified atom stereocenters. The van der Waals surface area contributed by atoms with E-state index in [2.05, 4.69) is 26.3 Å². The maximum Gasteiger partial charge on any atom is 0.279 e. The van der Waals surface area contributed by atoms with Crippen LogP contribution < -0.4 is 20.3 Å². The minimum Gasteiger partial charge on any atom is -0.493 e. The van der Waals surface area contributed by atoms with Crippen LogP contribution >= 0.6 is 15.9 Å². The Morgan fingerprint density at radius 1 is 1.23 bits per heavy atom. The molecule has 1 aromatic heterocycles. The highest BCUT2D eigenvalue weighted by atomic mass is 79.9. The number of nitrogens with one attached hydrogen (secondary N) is 1. The maximum atomic E-state index is 12.8. The lowest BCUT2D eigenvalue weighted by atomic mass is 10.1. The molecule has 1 amide bonds. The highest BCUT2D eigenvalue weighted by molar-refractivity contribution is 9.10. The zero-order valence-electron chi connectivity index (χ0n) is 14.2. The Bertz CT molecular complexity index is 1030. The first-order valence-electron chi connectivity index (χ1n) is 7.69. The lowest BCUT2D eigenvalue weighted by molar-refractivity contribution is -0.117. The SMILES string of the molecule is COc1ccc2cnn(CC(=O)Nc3cccc(Br)c3)c(=O)c2c1OC. The van der Waals surface area contributed by atoms with Crippen molar-refractivity contribution in [3.8, 4) is 11.5 Å². The molecule has 2 aromatic carbocycles. The number of amides is 1. The van der Waals surface area contributed by atoms with Gasteiger partial charge in [-0.15, -0.1) is 0 Å². The number of nitrogens with zero attached hydrogens (tertiary/aromatic N) is 2. The van der Waals surface area contributed by atoms with Gasteiger partial charge in [0.1, 0.15) is 6.54 Å². The first-order chi connectivity index (χ1) is 12.5. The predicted octanol–water partition coefficient (Wildman–Crippen LogP) is 2.81. The Morgan fingerprint density at radius 3 is 2.73 bits per heavy atom. The molecule has 3 aromatic rings. The second-order valence-electron chi connectivity index (χ2n) is 5.43. The second-order valence-corrected chi connectivity index (χ2v) is 6.35. The topological polar surface area (TPSA) is 82.5 Å². The molecular weight excluding hydrogens is 402 g/mol. The molecule has 0 radical (unpaired) electrons. The molecule has 1 N–H and O–H groups in total. The Morgan fingerprint density at radius 2 is 2.04 bits per heavy atom. The van der Waals surface area contributed by atoms with Gasteiger partial charge in [-0.3, -0.25) is 9.59 Å². The summed E-state index contributed by atoms with van der Waals surface area (Å²) in [6, 6.07) is 10.6. The van der Waals surface area contributed by atoms with Crippen molar-refractivity contribution in [3.63, 3.8) is 0 Å². The maximum absolute atomic E-state index is 12.8. The molecule has 8 heteroatoms. The Labute approximate surface area is 157 Å². The van der Waals surface area contributed by atoms with Crippen molar-refractivity contribution in [1.29, 1.82) is 0 Å². The van der Waals surface area contributed by atoms with Gasteiger partial charge < -0.3 is 14.8 Å². The van der Waals surface area contributed by atoms with E-state index in [-0.39, 0.29) is 12.5 Å². The van der Waals surface area contributed by atoms with E-state index in [1.165, 1.54) is 20.4 Å². The number of fused-ring (bicyclic) bond motifs is 1. The number of halogens is 1. The molecule has 0 aliphatic rings. The summed E-state index contributed by atoms with van der Waals surface area (Å²) in [7, 11) is 2.95. The van der Waals surface area contributed by atoms with Crippen LogP contribution in [0.15, 0.2) is 51.9 Å². The number of aromatic nitrogens is 2. The molecule has 0 saturated carbocycles. The molecule has 3 rings (SSSR count). The Kier molecular flexibility index (Phi) is 5.22. The molecule has 0 aliphatic heterocycles. The van der Waals surface area contributed by atoms with Gasteiger partial charge in [-0.1, -0.05) is 22.0 Å². The van der Waals surface area contributed by atoms with Crippen molar-refractivity contribution in [3.05, 3.63) is 57.4 Å². The molecule has 1 heterocycles. The zero-order valence-corrected chi connectivity index (χ0v) is 15.7. The van der Waals surface area contributed by atoms with Gasteiger partial charge >= 0.3 is 0 Å². The molecule has 0 atom stereocenters. The Hall–Kier alpha value is -2.87. The lowest BCUT2D eigenvalue weighted by Crippen LogP contribution is -2.29. The fourth-order valence-electron chi connectivity index (χ4n) is 2.60. The van der Waals surface area contributed by atoms with Crippen molar-refractivity contribution in [1.82, 2.24) is 9.78 Å². The summed E-state index contributed by atoms with van der Waals surface area (Å²) < 4.78 is 12.5. The third-order valence-electron chi connectivity index (χ3n) is 3.76. The van der Waals surface area contributed by atoms with Crippen molar-refractivity contribution in [2.24, 2.45) is 0 Å². The summed E-state index contributed by atoms with van der Waals surface area (Å²) in [5, 5.41) is 7.73. The quantitative estimate of drug-likeness (QED) is 0.689. The molecular formula is C18H16BrN3O4. The standard InChI is InChI=1S/C18H16BrN3O4/c1-25-14-7-6-11-9-20-22(18(24)16(11)17(14)26-2)10-15(23)21-13-5-3-4-12(19)8-13/h3-9H,10H2,1-2H3,(H,21,23). The third kappa shape index (κ3) is 3.55. The van der Waals surface area contributed by atoms with Crippen LogP contribution in [0.2, 0.25) is 0 Å². The van der Waals surface area contributed by atoms with Crippen LogP contribution in [-0.4, -0.2) is 29.9 Å². The summed E-state index contributed by atoms with van der Waals surface area (Å²) in [5.41, 5.74) is 0.195. The largest absolute Gasteiger partial charge is 0.493 e.